The standard InChI is InChI=1S/C62H41N5O/c1-5-15-44-33-48(25-21-40(44)11-1)65(49-26-22-41-12-2-6-16-45(41)34-49)52-29-31-57-55(37-52)56-38-53(30-32-58(56)67(57)62-61-60(63-39-64-62)54-19-9-10-20-59(54)68-61)66(50-27-23-42-13-3-7-17-46(42)35-50)51-28-24-43-14-4-8-18-47(43)36-51/h1-38,63H,39H2. The normalized spacial score (nSPS) is 12.6. The highest BCUT2D eigenvalue weighted by atomic mass is 16.3. The third kappa shape index (κ3) is 6.15. The molecule has 0 unspecified atom stereocenters. The summed E-state index contributed by atoms with van der Waals surface area (Å²) >= 11 is 0. The van der Waals surface area contributed by atoms with Gasteiger partial charge < -0.3 is 19.5 Å². The molecule has 0 bridgehead atoms. The summed E-state index contributed by atoms with van der Waals surface area (Å²) in [6.45, 7) is 0.429. The van der Waals surface area contributed by atoms with Crippen molar-refractivity contribution in [3.05, 3.63) is 236 Å². The number of furan rings is 1. The Labute approximate surface area is 391 Å². The van der Waals surface area contributed by atoms with Gasteiger partial charge in [-0.15, -0.1) is 0 Å². The largest absolute Gasteiger partial charge is 0.451 e. The third-order valence-corrected chi connectivity index (χ3v) is 13.7. The number of fused-ring (bicyclic) bond motifs is 10. The second-order valence-electron chi connectivity index (χ2n) is 17.7. The van der Waals surface area contributed by atoms with Crippen LogP contribution in [0.25, 0.3) is 75.9 Å². The minimum absolute atomic E-state index is 0.429. The molecule has 0 spiro atoms. The summed E-state index contributed by atoms with van der Waals surface area (Å²) < 4.78 is 8.99. The van der Waals surface area contributed by atoms with E-state index in [1.165, 1.54) is 43.1 Å². The number of hydrogen-bond donors (Lipinski definition) is 1. The Bertz CT molecular complexity index is 3820. The van der Waals surface area contributed by atoms with Crippen LogP contribution in [-0.2, 0) is 0 Å². The van der Waals surface area contributed by atoms with E-state index in [0.717, 1.165) is 84.2 Å². The number of rotatable bonds is 6. The number of anilines is 7. The number of nitrogens with zero attached hydrogens (tertiary/aromatic N) is 4. The highest BCUT2D eigenvalue weighted by Crippen LogP contribution is 2.45. The van der Waals surface area contributed by atoms with Crippen LogP contribution in [0.4, 0.5) is 39.8 Å². The quantitative estimate of drug-likeness (QED) is 0.181. The van der Waals surface area contributed by atoms with Crippen molar-refractivity contribution in [3.63, 3.8) is 0 Å². The smallest absolute Gasteiger partial charge is 0.194 e. The first-order valence-electron chi connectivity index (χ1n) is 23.1. The first kappa shape index (κ1) is 38.2. The van der Waals surface area contributed by atoms with Crippen LogP contribution in [0.3, 0.4) is 0 Å². The molecule has 6 nitrogen and oxygen atoms in total. The molecule has 1 aliphatic rings. The summed E-state index contributed by atoms with van der Waals surface area (Å²) in [7, 11) is 0. The zero-order valence-corrected chi connectivity index (χ0v) is 36.8. The van der Waals surface area contributed by atoms with Gasteiger partial charge in [-0.3, -0.25) is 4.57 Å². The molecule has 68 heavy (non-hydrogen) atoms. The molecule has 0 aliphatic carbocycles. The van der Waals surface area contributed by atoms with Gasteiger partial charge in [0.1, 0.15) is 12.3 Å². The molecule has 6 heteroatoms. The Morgan fingerprint density at radius 2 is 0.735 bits per heavy atom. The number of aliphatic imine (C=N–C) groups is 1. The Morgan fingerprint density at radius 3 is 1.18 bits per heavy atom. The zero-order valence-electron chi connectivity index (χ0n) is 36.8. The van der Waals surface area contributed by atoms with Crippen molar-refractivity contribution in [3.8, 4) is 0 Å². The fourth-order valence-corrected chi connectivity index (χ4v) is 10.5. The molecule has 320 valence electrons. The van der Waals surface area contributed by atoms with Crippen molar-refractivity contribution in [1.29, 1.82) is 0 Å². The van der Waals surface area contributed by atoms with Crippen LogP contribution < -0.4 is 15.1 Å². The molecule has 2 aromatic heterocycles. The van der Waals surface area contributed by atoms with E-state index in [9.17, 15) is 0 Å². The molecular weight excluding hydrogens is 831 g/mol. The molecule has 3 heterocycles. The third-order valence-electron chi connectivity index (χ3n) is 13.7. The van der Waals surface area contributed by atoms with Crippen LogP contribution in [0.5, 0.6) is 0 Å². The summed E-state index contributed by atoms with van der Waals surface area (Å²) in [4.78, 5) is 9.96. The molecule has 0 atom stereocenters. The van der Waals surface area contributed by atoms with Gasteiger partial charge in [0.25, 0.3) is 0 Å². The first-order chi connectivity index (χ1) is 33.7. The number of nitrogens with one attached hydrogen (secondary N) is 1. The van der Waals surface area contributed by atoms with Crippen molar-refractivity contribution >= 4 is 122 Å². The van der Waals surface area contributed by atoms with Crippen LogP contribution in [0, 0.1) is 0 Å². The second kappa shape index (κ2) is 15.2. The van der Waals surface area contributed by atoms with Crippen LogP contribution in [0.1, 0.15) is 5.76 Å². The highest BCUT2D eigenvalue weighted by Gasteiger charge is 2.28. The zero-order chi connectivity index (χ0) is 44.7. The molecule has 14 rings (SSSR count). The van der Waals surface area contributed by atoms with Crippen molar-refractivity contribution in [2.45, 2.75) is 0 Å². The maximum Gasteiger partial charge on any atom is 0.194 e. The lowest BCUT2D eigenvalue weighted by atomic mass is 10.0. The van der Waals surface area contributed by atoms with Crippen LogP contribution in [-0.4, -0.2) is 17.1 Å². The Morgan fingerprint density at radius 1 is 0.368 bits per heavy atom. The van der Waals surface area contributed by atoms with Crippen LogP contribution in [0.15, 0.2) is 240 Å². The van der Waals surface area contributed by atoms with Gasteiger partial charge in [-0.2, -0.15) is 0 Å². The van der Waals surface area contributed by atoms with E-state index in [0.29, 0.717) is 6.67 Å². The van der Waals surface area contributed by atoms with E-state index in [1.807, 2.05) is 12.1 Å². The summed E-state index contributed by atoms with van der Waals surface area (Å²) in [6.07, 6.45) is 0. The Kier molecular flexibility index (Phi) is 8.55. The number of para-hydroxylation sites is 1. The maximum absolute atomic E-state index is 6.69. The average Bonchev–Trinajstić information content (AvgIpc) is 3.94. The van der Waals surface area contributed by atoms with Gasteiger partial charge >= 0.3 is 0 Å². The molecule has 0 saturated carbocycles. The van der Waals surface area contributed by atoms with Crippen LogP contribution in [0.2, 0.25) is 0 Å². The predicted octanol–water partition coefficient (Wildman–Crippen LogP) is 16.8. The molecular formula is C62H41N5O. The van der Waals surface area contributed by atoms with E-state index < -0.39 is 0 Å². The van der Waals surface area contributed by atoms with Gasteiger partial charge in [0, 0.05) is 50.3 Å². The van der Waals surface area contributed by atoms with Crippen molar-refractivity contribution in [2.75, 3.05) is 21.8 Å². The molecule has 1 aliphatic heterocycles. The molecule has 0 saturated heterocycles. The van der Waals surface area contributed by atoms with Gasteiger partial charge in [-0.05, 0) is 140 Å². The number of benzene rings is 11. The van der Waals surface area contributed by atoms with Crippen molar-refractivity contribution in [1.82, 2.24) is 4.57 Å². The first-order valence-corrected chi connectivity index (χ1v) is 23.1. The SMILES string of the molecule is c1ccc2cc(N(c3ccc4ccccc4c3)c3ccc4c(c3)c3cc(N(c5ccc6ccccc6c5)c5ccc6ccccc6c5)ccc3n4C3=NCNc4c3oc3ccccc43)ccc2c1. The summed E-state index contributed by atoms with van der Waals surface area (Å²) in [5.74, 6) is 1.50. The number of hydrogen-bond acceptors (Lipinski definition) is 5. The second-order valence-corrected chi connectivity index (χ2v) is 17.7. The highest BCUT2D eigenvalue weighted by molar-refractivity contribution is 6.21. The molecule has 13 aromatic rings. The lowest BCUT2D eigenvalue weighted by molar-refractivity contribution is 0.600. The van der Waals surface area contributed by atoms with E-state index in [-0.39, 0.29) is 0 Å². The fourth-order valence-electron chi connectivity index (χ4n) is 10.5. The Balaban J connectivity index is 1.03. The molecule has 0 radical (unpaired) electrons. The van der Waals surface area contributed by atoms with Gasteiger partial charge in [-0.25, -0.2) is 4.99 Å². The summed E-state index contributed by atoms with van der Waals surface area (Å²) in [5.41, 5.74) is 10.3. The fraction of sp³-hybridized carbons (Fsp3) is 0.0161. The van der Waals surface area contributed by atoms with Crippen molar-refractivity contribution in [2.24, 2.45) is 4.99 Å². The van der Waals surface area contributed by atoms with Crippen LogP contribution >= 0.6 is 0 Å². The maximum atomic E-state index is 6.69. The Hall–Kier alpha value is -9.13. The monoisotopic (exact) mass is 871 g/mol. The van der Waals surface area contributed by atoms with E-state index >= 15 is 0 Å². The van der Waals surface area contributed by atoms with Crippen molar-refractivity contribution < 1.29 is 4.42 Å². The summed E-state index contributed by atoms with van der Waals surface area (Å²) in [5, 5.41) is 16.3. The number of aromatic nitrogens is 1. The van der Waals surface area contributed by atoms with E-state index in [2.05, 4.69) is 238 Å². The van der Waals surface area contributed by atoms with E-state index in [4.69, 9.17) is 9.41 Å². The minimum atomic E-state index is 0.429. The minimum Gasteiger partial charge on any atom is -0.451 e. The predicted molar refractivity (Wildman–Crippen MR) is 285 cm³/mol. The average molecular weight is 872 g/mol. The molecule has 11 aromatic carbocycles. The van der Waals surface area contributed by atoms with Gasteiger partial charge in [-0.1, -0.05) is 133 Å². The summed E-state index contributed by atoms with van der Waals surface area (Å²) in [6, 6.07) is 83.3. The lowest BCUT2D eigenvalue weighted by Crippen LogP contribution is -2.21. The van der Waals surface area contributed by atoms with E-state index in [1.54, 1.807) is 0 Å². The van der Waals surface area contributed by atoms with Gasteiger partial charge in [0.2, 0.25) is 0 Å². The van der Waals surface area contributed by atoms with Gasteiger partial charge in [0.05, 0.1) is 16.7 Å². The topological polar surface area (TPSA) is 48.9 Å². The molecule has 0 amide bonds. The lowest BCUT2D eigenvalue weighted by Gasteiger charge is -2.27. The molecule has 1 N–H and O–H groups in total. The van der Waals surface area contributed by atoms with Gasteiger partial charge in [0.15, 0.2) is 11.6 Å². The molecule has 0 fully saturated rings.